The van der Waals surface area contributed by atoms with E-state index in [0.717, 1.165) is 12.3 Å². The van der Waals surface area contributed by atoms with Gasteiger partial charge in [0.25, 0.3) is 0 Å². The molecule has 1 atom stereocenters. The van der Waals surface area contributed by atoms with E-state index in [2.05, 4.69) is 18.8 Å². The van der Waals surface area contributed by atoms with E-state index in [4.69, 9.17) is 0 Å². The summed E-state index contributed by atoms with van der Waals surface area (Å²) in [5.41, 5.74) is 0. The molecule has 11 heavy (non-hydrogen) atoms. The summed E-state index contributed by atoms with van der Waals surface area (Å²) in [5.74, 6) is 0.815. The minimum atomic E-state index is 0.653. The molecule has 0 spiro atoms. The van der Waals surface area contributed by atoms with E-state index >= 15 is 0 Å². The standard InChI is InChI=1S/C9H17NO/c1-3-9(2)6-4-5-7-10-8-11/h9H,3-7H2,1-2H3. The lowest BCUT2D eigenvalue weighted by Crippen LogP contribution is -1.92. The summed E-state index contributed by atoms with van der Waals surface area (Å²) in [5, 5.41) is 0. The van der Waals surface area contributed by atoms with E-state index in [9.17, 15) is 4.79 Å². The van der Waals surface area contributed by atoms with Gasteiger partial charge < -0.3 is 0 Å². The topological polar surface area (TPSA) is 29.4 Å². The lowest BCUT2D eigenvalue weighted by molar-refractivity contribution is 0.486. The lowest BCUT2D eigenvalue weighted by Gasteiger charge is -2.05. The summed E-state index contributed by atoms with van der Waals surface area (Å²) in [6.45, 7) is 5.11. The van der Waals surface area contributed by atoms with Crippen LogP contribution in [0.3, 0.4) is 0 Å². The third-order valence-electron chi connectivity index (χ3n) is 1.98. The van der Waals surface area contributed by atoms with Gasteiger partial charge in [0.15, 0.2) is 0 Å². The first-order chi connectivity index (χ1) is 5.31. The lowest BCUT2D eigenvalue weighted by atomic mass is 10.0. The van der Waals surface area contributed by atoms with Crippen molar-refractivity contribution in [1.82, 2.24) is 0 Å². The maximum Gasteiger partial charge on any atom is 0.234 e. The third kappa shape index (κ3) is 7.27. The number of isocyanates is 1. The SMILES string of the molecule is CCC(C)CCCCN=C=O. The van der Waals surface area contributed by atoms with Crippen molar-refractivity contribution in [2.45, 2.75) is 39.5 Å². The van der Waals surface area contributed by atoms with Gasteiger partial charge in [0.1, 0.15) is 0 Å². The van der Waals surface area contributed by atoms with Gasteiger partial charge in [-0.05, 0) is 12.3 Å². The Hall–Kier alpha value is -0.620. The molecule has 0 aromatic rings. The Labute approximate surface area is 68.7 Å². The summed E-state index contributed by atoms with van der Waals surface area (Å²) in [6.07, 6.45) is 6.25. The number of carbonyl (C=O) groups excluding carboxylic acids is 1. The van der Waals surface area contributed by atoms with Crippen LogP contribution in [0.15, 0.2) is 4.99 Å². The zero-order valence-corrected chi connectivity index (χ0v) is 7.47. The average Bonchev–Trinajstić information content (AvgIpc) is 2.04. The number of hydrogen-bond donors (Lipinski definition) is 0. The molecule has 2 nitrogen and oxygen atoms in total. The molecular weight excluding hydrogens is 138 g/mol. The molecule has 0 aliphatic carbocycles. The molecule has 0 fully saturated rings. The zero-order chi connectivity index (χ0) is 8.53. The Morgan fingerprint density at radius 3 is 2.73 bits per heavy atom. The minimum absolute atomic E-state index is 0.653. The van der Waals surface area contributed by atoms with E-state index < -0.39 is 0 Å². The van der Waals surface area contributed by atoms with Crippen LogP contribution >= 0.6 is 0 Å². The van der Waals surface area contributed by atoms with Crippen molar-refractivity contribution in [3.63, 3.8) is 0 Å². The fourth-order valence-electron chi connectivity index (χ4n) is 0.933. The number of hydrogen-bond acceptors (Lipinski definition) is 2. The van der Waals surface area contributed by atoms with Crippen LogP contribution in [-0.4, -0.2) is 12.6 Å². The van der Waals surface area contributed by atoms with Crippen molar-refractivity contribution < 1.29 is 4.79 Å². The van der Waals surface area contributed by atoms with Crippen molar-refractivity contribution >= 4 is 6.08 Å². The Bertz CT molecular complexity index is 128. The van der Waals surface area contributed by atoms with E-state index in [1.807, 2.05) is 0 Å². The second kappa shape index (κ2) is 7.49. The van der Waals surface area contributed by atoms with Gasteiger partial charge in [-0.1, -0.05) is 33.1 Å². The van der Waals surface area contributed by atoms with Crippen LogP contribution < -0.4 is 0 Å². The molecule has 0 N–H and O–H groups in total. The van der Waals surface area contributed by atoms with Gasteiger partial charge in [-0.3, -0.25) is 0 Å². The molecule has 0 heterocycles. The number of aliphatic imine (C=N–C) groups is 1. The van der Waals surface area contributed by atoms with Crippen LogP contribution in [0.1, 0.15) is 39.5 Å². The molecular formula is C9H17NO. The second-order valence-corrected chi connectivity index (χ2v) is 2.98. The summed E-state index contributed by atoms with van der Waals surface area (Å²) in [6, 6.07) is 0. The Balaban J connectivity index is 3.07. The van der Waals surface area contributed by atoms with Gasteiger partial charge in [0.05, 0.1) is 6.54 Å². The van der Waals surface area contributed by atoms with Crippen molar-refractivity contribution in [2.24, 2.45) is 10.9 Å². The first-order valence-electron chi connectivity index (χ1n) is 4.34. The normalized spacial score (nSPS) is 12.2. The molecule has 0 saturated carbocycles. The molecule has 0 aliphatic heterocycles. The monoisotopic (exact) mass is 155 g/mol. The van der Waals surface area contributed by atoms with E-state index in [-0.39, 0.29) is 0 Å². The van der Waals surface area contributed by atoms with Crippen LogP contribution in [0.2, 0.25) is 0 Å². The number of nitrogens with zero attached hydrogens (tertiary/aromatic N) is 1. The average molecular weight is 155 g/mol. The molecule has 1 unspecified atom stereocenters. The quantitative estimate of drug-likeness (QED) is 0.329. The molecule has 0 aromatic carbocycles. The minimum Gasteiger partial charge on any atom is -0.211 e. The molecule has 2 heteroatoms. The third-order valence-corrected chi connectivity index (χ3v) is 1.98. The molecule has 0 aliphatic rings. The maximum absolute atomic E-state index is 9.67. The van der Waals surface area contributed by atoms with Crippen LogP contribution in [0.4, 0.5) is 0 Å². The highest BCUT2D eigenvalue weighted by molar-refractivity contribution is 5.32. The van der Waals surface area contributed by atoms with Crippen LogP contribution in [0, 0.1) is 5.92 Å². The summed E-state index contributed by atoms with van der Waals surface area (Å²) in [4.78, 5) is 13.2. The molecule has 0 amide bonds. The van der Waals surface area contributed by atoms with Crippen molar-refractivity contribution in [2.75, 3.05) is 6.54 Å². The second-order valence-electron chi connectivity index (χ2n) is 2.98. The fourth-order valence-corrected chi connectivity index (χ4v) is 0.933. The Kier molecular flexibility index (Phi) is 7.06. The molecule has 0 radical (unpaired) electrons. The van der Waals surface area contributed by atoms with Gasteiger partial charge in [0, 0.05) is 0 Å². The predicted molar refractivity (Wildman–Crippen MR) is 46.3 cm³/mol. The highest BCUT2D eigenvalue weighted by Gasteiger charge is 1.96. The molecule has 0 saturated heterocycles. The molecule has 0 aromatic heterocycles. The predicted octanol–water partition coefficient (Wildman–Crippen LogP) is 2.54. The van der Waals surface area contributed by atoms with E-state index in [0.29, 0.717) is 6.54 Å². The fraction of sp³-hybridized carbons (Fsp3) is 0.889. The number of rotatable bonds is 6. The first kappa shape index (κ1) is 10.4. The smallest absolute Gasteiger partial charge is 0.211 e. The van der Waals surface area contributed by atoms with Crippen LogP contribution in [-0.2, 0) is 4.79 Å². The van der Waals surface area contributed by atoms with E-state index in [1.54, 1.807) is 6.08 Å². The Morgan fingerprint density at radius 2 is 2.18 bits per heavy atom. The molecule has 0 bridgehead atoms. The van der Waals surface area contributed by atoms with Gasteiger partial charge >= 0.3 is 0 Å². The first-order valence-corrected chi connectivity index (χ1v) is 4.34. The highest BCUT2D eigenvalue weighted by atomic mass is 16.1. The summed E-state index contributed by atoms with van der Waals surface area (Å²) >= 11 is 0. The maximum atomic E-state index is 9.67. The van der Waals surface area contributed by atoms with Gasteiger partial charge in [0.2, 0.25) is 6.08 Å². The zero-order valence-electron chi connectivity index (χ0n) is 7.47. The number of unbranched alkanes of at least 4 members (excludes halogenated alkanes) is 1. The Morgan fingerprint density at radius 1 is 1.45 bits per heavy atom. The molecule has 64 valence electrons. The van der Waals surface area contributed by atoms with Gasteiger partial charge in [-0.25, -0.2) is 9.79 Å². The summed E-state index contributed by atoms with van der Waals surface area (Å²) in [7, 11) is 0. The van der Waals surface area contributed by atoms with Crippen LogP contribution in [0.25, 0.3) is 0 Å². The van der Waals surface area contributed by atoms with Crippen molar-refractivity contribution in [3.05, 3.63) is 0 Å². The largest absolute Gasteiger partial charge is 0.234 e. The van der Waals surface area contributed by atoms with Gasteiger partial charge in [-0.15, -0.1) is 0 Å². The van der Waals surface area contributed by atoms with Gasteiger partial charge in [-0.2, -0.15) is 0 Å². The summed E-state index contributed by atoms with van der Waals surface area (Å²) < 4.78 is 0. The van der Waals surface area contributed by atoms with Crippen LogP contribution in [0.5, 0.6) is 0 Å². The molecule has 0 rings (SSSR count). The highest BCUT2D eigenvalue weighted by Crippen LogP contribution is 2.10. The van der Waals surface area contributed by atoms with E-state index in [1.165, 1.54) is 19.3 Å². The van der Waals surface area contributed by atoms with Crippen molar-refractivity contribution in [1.29, 1.82) is 0 Å². The van der Waals surface area contributed by atoms with Crippen molar-refractivity contribution in [3.8, 4) is 0 Å².